The van der Waals surface area contributed by atoms with Crippen LogP contribution in [0.4, 0.5) is 0 Å². The van der Waals surface area contributed by atoms with Crippen LogP contribution in [0.1, 0.15) is 44.9 Å². The van der Waals surface area contributed by atoms with Gasteiger partial charge in [0.15, 0.2) is 0 Å². The SMILES string of the molecule is CNC(CSC1CCCCC1)C1CCCOC1. The van der Waals surface area contributed by atoms with Crippen molar-refractivity contribution in [2.45, 2.75) is 56.2 Å². The van der Waals surface area contributed by atoms with Crippen LogP contribution in [0.2, 0.25) is 0 Å². The lowest BCUT2D eigenvalue weighted by Gasteiger charge is -2.31. The summed E-state index contributed by atoms with van der Waals surface area (Å²) < 4.78 is 5.61. The molecule has 2 atom stereocenters. The minimum atomic E-state index is 0.655. The zero-order valence-corrected chi connectivity index (χ0v) is 11.9. The van der Waals surface area contributed by atoms with Gasteiger partial charge in [-0.05, 0) is 38.6 Å². The van der Waals surface area contributed by atoms with Crippen LogP contribution in [0.15, 0.2) is 0 Å². The van der Waals surface area contributed by atoms with Crippen molar-refractivity contribution in [1.82, 2.24) is 5.32 Å². The van der Waals surface area contributed by atoms with E-state index in [1.54, 1.807) is 0 Å². The second-order valence-electron chi connectivity index (χ2n) is 5.47. The molecule has 0 bridgehead atoms. The summed E-state index contributed by atoms with van der Waals surface area (Å²) in [6.45, 7) is 1.94. The molecule has 1 N–H and O–H groups in total. The lowest BCUT2D eigenvalue weighted by molar-refractivity contribution is 0.0437. The van der Waals surface area contributed by atoms with Crippen molar-refractivity contribution >= 4 is 11.8 Å². The molecule has 1 saturated carbocycles. The van der Waals surface area contributed by atoms with E-state index in [9.17, 15) is 0 Å². The third-order valence-electron chi connectivity index (χ3n) is 4.20. The molecule has 0 aromatic rings. The Morgan fingerprint density at radius 1 is 1.18 bits per heavy atom. The van der Waals surface area contributed by atoms with Gasteiger partial charge in [0.25, 0.3) is 0 Å². The highest BCUT2D eigenvalue weighted by Crippen LogP contribution is 2.30. The van der Waals surface area contributed by atoms with Crippen LogP contribution in [0.5, 0.6) is 0 Å². The molecule has 1 saturated heterocycles. The average molecular weight is 257 g/mol. The zero-order chi connectivity index (χ0) is 11.9. The molecule has 0 spiro atoms. The van der Waals surface area contributed by atoms with E-state index in [0.29, 0.717) is 6.04 Å². The second-order valence-corrected chi connectivity index (χ2v) is 6.80. The minimum Gasteiger partial charge on any atom is -0.381 e. The summed E-state index contributed by atoms with van der Waals surface area (Å²) in [5.74, 6) is 2.01. The fourth-order valence-electron chi connectivity index (χ4n) is 3.01. The van der Waals surface area contributed by atoms with Gasteiger partial charge in [-0.3, -0.25) is 0 Å². The summed E-state index contributed by atoms with van der Waals surface area (Å²) in [7, 11) is 2.11. The molecule has 2 fully saturated rings. The van der Waals surface area contributed by atoms with Crippen LogP contribution >= 0.6 is 11.8 Å². The van der Waals surface area contributed by atoms with Crippen LogP contribution in [-0.2, 0) is 4.74 Å². The Labute approximate surface area is 110 Å². The predicted octanol–water partition coefficient (Wildman–Crippen LogP) is 3.07. The summed E-state index contributed by atoms with van der Waals surface area (Å²) in [5.41, 5.74) is 0. The third kappa shape index (κ3) is 4.46. The van der Waals surface area contributed by atoms with E-state index in [2.05, 4.69) is 24.1 Å². The van der Waals surface area contributed by atoms with Gasteiger partial charge in [0.05, 0.1) is 6.61 Å². The van der Waals surface area contributed by atoms with Gasteiger partial charge in [-0.15, -0.1) is 0 Å². The van der Waals surface area contributed by atoms with Gasteiger partial charge in [0.1, 0.15) is 0 Å². The molecule has 2 aliphatic rings. The largest absolute Gasteiger partial charge is 0.381 e. The van der Waals surface area contributed by atoms with E-state index in [4.69, 9.17) is 4.74 Å². The summed E-state index contributed by atoms with van der Waals surface area (Å²) >= 11 is 2.21. The Hall–Kier alpha value is 0.270. The van der Waals surface area contributed by atoms with E-state index >= 15 is 0 Å². The molecule has 2 nitrogen and oxygen atoms in total. The van der Waals surface area contributed by atoms with Crippen molar-refractivity contribution in [2.24, 2.45) is 5.92 Å². The monoisotopic (exact) mass is 257 g/mol. The second kappa shape index (κ2) is 7.65. The van der Waals surface area contributed by atoms with Gasteiger partial charge in [0, 0.05) is 23.7 Å². The highest BCUT2D eigenvalue weighted by atomic mass is 32.2. The zero-order valence-electron chi connectivity index (χ0n) is 11.1. The Morgan fingerprint density at radius 2 is 2.00 bits per heavy atom. The highest BCUT2D eigenvalue weighted by Gasteiger charge is 2.24. The van der Waals surface area contributed by atoms with Crippen molar-refractivity contribution < 1.29 is 4.74 Å². The van der Waals surface area contributed by atoms with Crippen molar-refractivity contribution in [3.8, 4) is 0 Å². The number of hydrogen-bond donors (Lipinski definition) is 1. The Bertz CT molecular complexity index is 200. The van der Waals surface area contributed by atoms with Gasteiger partial charge < -0.3 is 10.1 Å². The first-order valence-corrected chi connectivity index (χ1v) is 8.31. The van der Waals surface area contributed by atoms with Crippen molar-refractivity contribution in [1.29, 1.82) is 0 Å². The number of thioether (sulfide) groups is 1. The smallest absolute Gasteiger partial charge is 0.0509 e. The normalized spacial score (nSPS) is 29.1. The van der Waals surface area contributed by atoms with Crippen LogP contribution in [0.25, 0.3) is 0 Å². The molecule has 0 aromatic heterocycles. The molecular weight excluding hydrogens is 230 g/mol. The lowest BCUT2D eigenvalue weighted by atomic mass is 9.95. The number of hydrogen-bond acceptors (Lipinski definition) is 3. The van der Waals surface area contributed by atoms with Gasteiger partial charge in [-0.25, -0.2) is 0 Å². The summed E-state index contributed by atoms with van der Waals surface area (Å²) in [6.07, 6.45) is 9.85. The standard InChI is InChI=1S/C14H27NOS/c1-15-14(12-6-5-9-16-10-12)11-17-13-7-3-2-4-8-13/h12-15H,2-11H2,1H3. The first kappa shape index (κ1) is 13.7. The van der Waals surface area contributed by atoms with Crippen LogP contribution < -0.4 is 5.32 Å². The third-order valence-corrected chi connectivity index (χ3v) is 5.69. The van der Waals surface area contributed by atoms with Gasteiger partial charge in [-0.1, -0.05) is 19.3 Å². The molecule has 1 aliphatic heterocycles. The molecule has 2 unspecified atom stereocenters. The van der Waals surface area contributed by atoms with Gasteiger partial charge in [-0.2, -0.15) is 11.8 Å². The maximum Gasteiger partial charge on any atom is 0.0509 e. The van der Waals surface area contributed by atoms with Crippen LogP contribution in [0.3, 0.4) is 0 Å². The minimum absolute atomic E-state index is 0.655. The number of nitrogens with one attached hydrogen (secondary N) is 1. The van der Waals surface area contributed by atoms with Gasteiger partial charge in [0.2, 0.25) is 0 Å². The highest BCUT2D eigenvalue weighted by molar-refractivity contribution is 7.99. The fraction of sp³-hybridized carbons (Fsp3) is 1.00. The molecule has 2 rings (SSSR count). The maximum atomic E-state index is 5.61. The van der Waals surface area contributed by atoms with Crippen molar-refractivity contribution in [3.05, 3.63) is 0 Å². The number of rotatable bonds is 5. The van der Waals surface area contributed by atoms with E-state index in [-0.39, 0.29) is 0 Å². The topological polar surface area (TPSA) is 21.3 Å². The number of ether oxygens (including phenoxy) is 1. The summed E-state index contributed by atoms with van der Waals surface area (Å²) in [6, 6.07) is 0.655. The molecule has 17 heavy (non-hydrogen) atoms. The first-order chi connectivity index (χ1) is 8.40. The van der Waals surface area contributed by atoms with Crippen molar-refractivity contribution in [3.63, 3.8) is 0 Å². The molecular formula is C14H27NOS. The average Bonchev–Trinajstić information content (AvgIpc) is 2.42. The molecule has 1 aliphatic carbocycles. The van der Waals surface area contributed by atoms with Gasteiger partial charge >= 0.3 is 0 Å². The maximum absolute atomic E-state index is 5.61. The summed E-state index contributed by atoms with van der Waals surface area (Å²) in [5, 5.41) is 4.44. The summed E-state index contributed by atoms with van der Waals surface area (Å²) in [4.78, 5) is 0. The Kier molecular flexibility index (Phi) is 6.16. The Balaban J connectivity index is 1.70. The van der Waals surface area contributed by atoms with E-state index in [0.717, 1.165) is 24.4 Å². The van der Waals surface area contributed by atoms with E-state index < -0.39 is 0 Å². The van der Waals surface area contributed by atoms with Crippen LogP contribution in [-0.4, -0.2) is 37.3 Å². The van der Waals surface area contributed by atoms with E-state index in [1.165, 1.54) is 50.7 Å². The Morgan fingerprint density at radius 3 is 2.65 bits per heavy atom. The molecule has 3 heteroatoms. The van der Waals surface area contributed by atoms with E-state index in [1.807, 2.05) is 0 Å². The predicted molar refractivity (Wildman–Crippen MR) is 75.7 cm³/mol. The lowest BCUT2D eigenvalue weighted by Crippen LogP contribution is -2.40. The van der Waals surface area contributed by atoms with Crippen molar-refractivity contribution in [2.75, 3.05) is 26.0 Å². The quantitative estimate of drug-likeness (QED) is 0.818. The molecule has 0 amide bonds. The first-order valence-electron chi connectivity index (χ1n) is 7.26. The molecule has 0 radical (unpaired) electrons. The fourth-order valence-corrected chi connectivity index (χ4v) is 4.59. The molecule has 1 heterocycles. The van der Waals surface area contributed by atoms with Crippen LogP contribution in [0, 0.1) is 5.92 Å². The molecule has 100 valence electrons. The molecule has 0 aromatic carbocycles.